The van der Waals surface area contributed by atoms with Crippen LogP contribution in [0.15, 0.2) is 36.5 Å². The van der Waals surface area contributed by atoms with Gasteiger partial charge in [-0.15, -0.1) is 5.10 Å². The van der Waals surface area contributed by atoms with E-state index in [2.05, 4.69) is 24.7 Å². The van der Waals surface area contributed by atoms with Crippen molar-refractivity contribution in [1.29, 1.82) is 5.26 Å². The Morgan fingerprint density at radius 1 is 1.18 bits per heavy atom. The number of nitrogens with zero attached hydrogens (tertiary/aromatic N) is 7. The monoisotopic (exact) mass is 460 g/mol. The molecule has 2 bridgehead atoms. The Kier molecular flexibility index (Phi) is 4.73. The zero-order valence-electron chi connectivity index (χ0n) is 17.9. The van der Waals surface area contributed by atoms with Crippen molar-refractivity contribution in [2.75, 3.05) is 23.3 Å². The quantitative estimate of drug-likeness (QED) is 0.494. The summed E-state index contributed by atoms with van der Waals surface area (Å²) in [5, 5.41) is 18.5. The SMILES string of the molecule is Cc1nsc(N2CC3CCC(C2)C3Nc2nc3c(-c4ccc(F)c(C#N)c4)cccn3n2)n1. The third-order valence-corrected chi connectivity index (χ3v) is 7.55. The molecule has 4 heterocycles. The second kappa shape index (κ2) is 7.78. The highest BCUT2D eigenvalue weighted by molar-refractivity contribution is 7.09. The molecule has 1 saturated carbocycles. The zero-order chi connectivity index (χ0) is 22.5. The maximum absolute atomic E-state index is 13.8. The van der Waals surface area contributed by atoms with Crippen molar-refractivity contribution in [2.45, 2.75) is 25.8 Å². The van der Waals surface area contributed by atoms with Gasteiger partial charge in [0.25, 0.3) is 0 Å². The number of benzene rings is 1. The highest BCUT2D eigenvalue weighted by Crippen LogP contribution is 2.40. The summed E-state index contributed by atoms with van der Waals surface area (Å²) in [6, 6.07) is 10.5. The minimum Gasteiger partial charge on any atom is -0.349 e. The Labute approximate surface area is 193 Å². The van der Waals surface area contributed by atoms with Crippen LogP contribution in [0.1, 0.15) is 24.2 Å². The molecule has 8 nitrogen and oxygen atoms in total. The number of aromatic nitrogens is 5. The normalized spacial score (nSPS) is 22.0. The van der Waals surface area contributed by atoms with Crippen LogP contribution in [0.4, 0.5) is 15.5 Å². The molecule has 2 aliphatic rings. The second-order valence-electron chi connectivity index (χ2n) is 8.73. The zero-order valence-corrected chi connectivity index (χ0v) is 18.8. The van der Waals surface area contributed by atoms with Crippen molar-refractivity contribution in [3.05, 3.63) is 53.7 Å². The number of nitrogens with one attached hydrogen (secondary N) is 1. The van der Waals surface area contributed by atoms with E-state index in [0.717, 1.165) is 35.2 Å². The fourth-order valence-corrected chi connectivity index (χ4v) is 5.84. The lowest BCUT2D eigenvalue weighted by atomic mass is 9.92. The predicted molar refractivity (Wildman–Crippen MR) is 124 cm³/mol. The van der Waals surface area contributed by atoms with E-state index in [1.807, 2.05) is 31.3 Å². The number of hydrogen-bond donors (Lipinski definition) is 1. The van der Waals surface area contributed by atoms with Crippen molar-refractivity contribution < 1.29 is 4.39 Å². The first-order valence-corrected chi connectivity index (χ1v) is 11.7. The number of aryl methyl sites for hydroxylation is 1. The van der Waals surface area contributed by atoms with Crippen LogP contribution >= 0.6 is 11.5 Å². The molecule has 2 unspecified atom stereocenters. The number of rotatable bonds is 4. The summed E-state index contributed by atoms with van der Waals surface area (Å²) in [6.07, 6.45) is 4.18. The first-order chi connectivity index (χ1) is 16.1. The Hall–Kier alpha value is -3.58. The Morgan fingerprint density at radius 3 is 2.73 bits per heavy atom. The van der Waals surface area contributed by atoms with Crippen molar-refractivity contribution in [3.63, 3.8) is 0 Å². The van der Waals surface area contributed by atoms with E-state index in [1.165, 1.54) is 30.4 Å². The van der Waals surface area contributed by atoms with Crippen molar-refractivity contribution >= 4 is 28.3 Å². The molecule has 1 aliphatic carbocycles. The van der Waals surface area contributed by atoms with Crippen LogP contribution in [0.25, 0.3) is 16.8 Å². The average molecular weight is 461 g/mol. The molecule has 6 rings (SSSR count). The van der Waals surface area contributed by atoms with Gasteiger partial charge in [0.1, 0.15) is 17.7 Å². The number of fused-ring (bicyclic) bond motifs is 3. The van der Waals surface area contributed by atoms with Gasteiger partial charge in [0.05, 0.1) is 5.56 Å². The van der Waals surface area contributed by atoms with Gasteiger partial charge in [-0.2, -0.15) is 14.6 Å². The number of halogens is 1. The fraction of sp³-hybridized carbons (Fsp3) is 0.348. The summed E-state index contributed by atoms with van der Waals surface area (Å²) < 4.78 is 19.9. The number of anilines is 2. The van der Waals surface area contributed by atoms with E-state index in [9.17, 15) is 9.65 Å². The molecule has 3 aromatic heterocycles. The largest absolute Gasteiger partial charge is 0.349 e. The number of hydrogen-bond acceptors (Lipinski definition) is 8. The molecule has 4 aromatic rings. The minimum atomic E-state index is -0.525. The first kappa shape index (κ1) is 20.1. The maximum atomic E-state index is 13.8. The van der Waals surface area contributed by atoms with Gasteiger partial charge in [-0.05, 0) is 61.4 Å². The smallest absolute Gasteiger partial charge is 0.243 e. The van der Waals surface area contributed by atoms with Crippen LogP contribution in [0.5, 0.6) is 0 Å². The molecule has 1 saturated heterocycles. The predicted octanol–water partition coefficient (Wildman–Crippen LogP) is 3.89. The number of pyridine rings is 1. The highest BCUT2D eigenvalue weighted by Gasteiger charge is 2.43. The summed E-state index contributed by atoms with van der Waals surface area (Å²) in [6.45, 7) is 3.83. The molecule has 33 heavy (non-hydrogen) atoms. The lowest BCUT2D eigenvalue weighted by Crippen LogP contribution is -2.48. The van der Waals surface area contributed by atoms with Gasteiger partial charge in [-0.3, -0.25) is 0 Å². The molecule has 1 N–H and O–H groups in total. The lowest BCUT2D eigenvalue weighted by molar-refractivity contribution is 0.376. The Balaban J connectivity index is 1.27. The third kappa shape index (κ3) is 3.49. The molecule has 1 aliphatic heterocycles. The molecule has 0 amide bonds. The molecule has 0 radical (unpaired) electrons. The summed E-state index contributed by atoms with van der Waals surface area (Å²) in [5.41, 5.74) is 2.23. The van der Waals surface area contributed by atoms with Crippen LogP contribution in [-0.2, 0) is 0 Å². The summed E-state index contributed by atoms with van der Waals surface area (Å²) >= 11 is 1.47. The Bertz CT molecular complexity index is 1370. The first-order valence-electron chi connectivity index (χ1n) is 11.0. The summed E-state index contributed by atoms with van der Waals surface area (Å²) in [7, 11) is 0. The molecule has 10 heteroatoms. The van der Waals surface area contributed by atoms with Gasteiger partial charge >= 0.3 is 0 Å². The van der Waals surface area contributed by atoms with Gasteiger partial charge in [-0.1, -0.05) is 6.07 Å². The van der Waals surface area contributed by atoms with E-state index in [-0.39, 0.29) is 5.56 Å². The van der Waals surface area contributed by atoms with E-state index in [4.69, 9.17) is 4.98 Å². The van der Waals surface area contributed by atoms with Crippen molar-refractivity contribution in [1.82, 2.24) is 24.0 Å². The van der Waals surface area contributed by atoms with Crippen LogP contribution in [0.2, 0.25) is 0 Å². The molecule has 0 spiro atoms. The van der Waals surface area contributed by atoms with Crippen molar-refractivity contribution in [2.24, 2.45) is 11.8 Å². The van der Waals surface area contributed by atoms with Crippen LogP contribution in [0.3, 0.4) is 0 Å². The molecule has 1 aromatic carbocycles. The fourth-order valence-electron chi connectivity index (χ4n) is 5.15. The van der Waals surface area contributed by atoms with Crippen LogP contribution < -0.4 is 10.2 Å². The van der Waals surface area contributed by atoms with E-state index < -0.39 is 5.82 Å². The molecule has 2 atom stereocenters. The average Bonchev–Trinajstić information content (AvgIpc) is 3.49. The van der Waals surface area contributed by atoms with E-state index >= 15 is 0 Å². The standard InChI is InChI=1S/C23H21FN8S/c1-13-26-23(33-30-13)31-11-15-4-5-16(12-31)20(15)27-22-28-21-18(3-2-8-32(21)29-22)14-6-7-19(24)17(9-14)10-25/h2-3,6-9,15-16,20H,4-5,11-12H2,1H3,(H,27,29). The van der Waals surface area contributed by atoms with Gasteiger partial charge in [0, 0.05) is 42.4 Å². The minimum absolute atomic E-state index is 0.0151. The third-order valence-electron chi connectivity index (χ3n) is 6.68. The topological polar surface area (TPSA) is 95.0 Å². The maximum Gasteiger partial charge on any atom is 0.243 e. The van der Waals surface area contributed by atoms with Gasteiger partial charge in [-0.25, -0.2) is 13.9 Å². The number of nitriles is 1. The summed E-state index contributed by atoms with van der Waals surface area (Å²) in [5.74, 6) is 1.88. The highest BCUT2D eigenvalue weighted by atomic mass is 32.1. The second-order valence-corrected chi connectivity index (χ2v) is 9.46. The van der Waals surface area contributed by atoms with Gasteiger partial charge < -0.3 is 10.2 Å². The van der Waals surface area contributed by atoms with Crippen molar-refractivity contribution in [3.8, 4) is 17.2 Å². The Morgan fingerprint density at radius 2 is 2.00 bits per heavy atom. The van der Waals surface area contributed by atoms with Gasteiger partial charge in [0.2, 0.25) is 11.1 Å². The number of piperidine rings is 1. The van der Waals surface area contributed by atoms with E-state index in [1.54, 1.807) is 16.6 Å². The lowest BCUT2D eigenvalue weighted by Gasteiger charge is -2.37. The molecular weight excluding hydrogens is 439 g/mol. The summed E-state index contributed by atoms with van der Waals surface area (Å²) in [4.78, 5) is 11.7. The molecular formula is C23H21FN8S. The van der Waals surface area contributed by atoms with E-state index in [0.29, 0.717) is 29.5 Å². The van der Waals surface area contributed by atoms with Crippen LogP contribution in [0, 0.1) is 35.9 Å². The molecule has 2 fully saturated rings. The molecule has 166 valence electrons. The van der Waals surface area contributed by atoms with Gasteiger partial charge in [0.15, 0.2) is 5.65 Å². The van der Waals surface area contributed by atoms with Crippen LogP contribution in [-0.4, -0.2) is 43.1 Å².